The molecule has 0 spiro atoms. The van der Waals surface area contributed by atoms with E-state index in [-0.39, 0.29) is 22.3 Å². The van der Waals surface area contributed by atoms with Crippen molar-refractivity contribution in [2.75, 3.05) is 11.1 Å². The smallest absolute Gasteiger partial charge is 0.295 e. The highest BCUT2D eigenvalue weighted by molar-refractivity contribution is 7.86. The van der Waals surface area contributed by atoms with Gasteiger partial charge in [-0.25, -0.2) is 0 Å². The minimum Gasteiger partial charge on any atom is -0.505 e. The summed E-state index contributed by atoms with van der Waals surface area (Å²) in [5, 5.41) is 13.3. The molecule has 0 unspecified atom stereocenters. The highest BCUT2D eigenvalue weighted by Crippen LogP contribution is 2.37. The number of carbonyl (C=O) groups excluding carboxylic acids is 1. The van der Waals surface area contributed by atoms with Gasteiger partial charge in [0, 0.05) is 11.1 Å². The Morgan fingerprint density at radius 3 is 2.50 bits per heavy atom. The van der Waals surface area contributed by atoms with E-state index in [1.54, 1.807) is 24.3 Å². The average molecular weight is 372 g/mol. The molecule has 26 heavy (non-hydrogen) atoms. The Hall–Kier alpha value is -3.10. The van der Waals surface area contributed by atoms with Crippen LogP contribution in [0.25, 0.3) is 10.8 Å². The normalized spacial score (nSPS) is 11.5. The Kier molecular flexibility index (Phi) is 4.31. The maximum absolute atomic E-state index is 12.4. The topological polar surface area (TPSA) is 130 Å². The molecule has 0 bridgehead atoms. The lowest BCUT2D eigenvalue weighted by molar-refractivity contribution is 0.102. The lowest BCUT2D eigenvalue weighted by Gasteiger charge is -2.13. The average Bonchev–Trinajstić information content (AvgIpc) is 2.56. The van der Waals surface area contributed by atoms with Gasteiger partial charge >= 0.3 is 0 Å². The first-order valence-corrected chi connectivity index (χ1v) is 9.02. The number of hydrogen-bond donors (Lipinski definition) is 4. The van der Waals surface area contributed by atoms with Crippen LogP contribution in [0.2, 0.25) is 0 Å². The van der Waals surface area contributed by atoms with E-state index < -0.39 is 26.7 Å². The summed E-state index contributed by atoms with van der Waals surface area (Å²) in [7, 11) is -4.55. The Labute approximate surface area is 149 Å². The van der Waals surface area contributed by atoms with E-state index in [1.165, 1.54) is 24.3 Å². The zero-order valence-electron chi connectivity index (χ0n) is 13.7. The molecule has 134 valence electrons. The molecule has 0 aliphatic heterocycles. The summed E-state index contributed by atoms with van der Waals surface area (Å²) in [6, 6.07) is 12.1. The quantitative estimate of drug-likeness (QED) is 0.318. The lowest BCUT2D eigenvalue weighted by Crippen LogP contribution is -2.14. The molecule has 8 heteroatoms. The predicted octanol–water partition coefficient (Wildman–Crippen LogP) is 2.94. The van der Waals surface area contributed by atoms with Crippen molar-refractivity contribution in [3.63, 3.8) is 0 Å². The molecular formula is C18H16N2O5S. The van der Waals surface area contributed by atoms with Gasteiger partial charge in [0.25, 0.3) is 16.0 Å². The largest absolute Gasteiger partial charge is 0.505 e. The zero-order valence-corrected chi connectivity index (χ0v) is 14.5. The molecule has 0 saturated heterocycles. The fraction of sp³-hybridized carbons (Fsp3) is 0.0556. The van der Waals surface area contributed by atoms with Gasteiger partial charge in [-0.15, -0.1) is 0 Å². The third kappa shape index (κ3) is 3.19. The number of benzene rings is 3. The van der Waals surface area contributed by atoms with E-state index in [0.717, 1.165) is 5.56 Å². The van der Waals surface area contributed by atoms with E-state index in [1.807, 2.05) is 6.92 Å². The molecule has 0 aromatic heterocycles. The third-order valence-corrected chi connectivity index (χ3v) is 4.85. The predicted molar refractivity (Wildman–Crippen MR) is 99.0 cm³/mol. The van der Waals surface area contributed by atoms with Crippen LogP contribution in [0, 0.1) is 6.92 Å². The standard InChI is InChI=1S/C18H16N2O5S/c1-10-5-7-12(13(19)9-10)18(22)20-14-8-6-11-3-2-4-15(26(23,24)25)16(11)17(14)21/h2-9,21H,19H2,1H3,(H,20,22)(H,23,24,25). The zero-order chi connectivity index (χ0) is 19.1. The van der Waals surface area contributed by atoms with Crippen molar-refractivity contribution in [3.05, 3.63) is 59.7 Å². The van der Waals surface area contributed by atoms with E-state index in [0.29, 0.717) is 5.39 Å². The van der Waals surface area contributed by atoms with Crippen molar-refractivity contribution in [3.8, 4) is 5.75 Å². The Morgan fingerprint density at radius 1 is 1.12 bits per heavy atom. The summed E-state index contributed by atoms with van der Waals surface area (Å²) in [6.45, 7) is 1.84. The molecule has 0 atom stereocenters. The van der Waals surface area contributed by atoms with Gasteiger partial charge in [-0.1, -0.05) is 24.3 Å². The van der Waals surface area contributed by atoms with Crippen molar-refractivity contribution in [1.82, 2.24) is 0 Å². The molecule has 0 fully saturated rings. The number of phenolic OH excluding ortho intramolecular Hbond substituents is 1. The van der Waals surface area contributed by atoms with E-state index in [2.05, 4.69) is 5.32 Å². The van der Waals surface area contributed by atoms with Gasteiger partial charge in [0.05, 0.1) is 11.3 Å². The van der Waals surface area contributed by atoms with Crippen LogP contribution in [0.1, 0.15) is 15.9 Å². The second-order valence-electron chi connectivity index (χ2n) is 5.84. The number of nitrogens with one attached hydrogen (secondary N) is 1. The lowest BCUT2D eigenvalue weighted by atomic mass is 10.1. The van der Waals surface area contributed by atoms with E-state index in [9.17, 15) is 22.9 Å². The summed E-state index contributed by atoms with van der Waals surface area (Å²) < 4.78 is 32.5. The number of nitrogens with two attached hydrogens (primary N) is 1. The van der Waals surface area contributed by atoms with Crippen molar-refractivity contribution in [2.45, 2.75) is 11.8 Å². The van der Waals surface area contributed by atoms with Crippen molar-refractivity contribution in [2.24, 2.45) is 0 Å². The molecular weight excluding hydrogens is 356 g/mol. The number of rotatable bonds is 3. The van der Waals surface area contributed by atoms with Gasteiger partial charge in [0.15, 0.2) is 0 Å². The summed E-state index contributed by atoms with van der Waals surface area (Å²) in [4.78, 5) is 12.0. The van der Waals surface area contributed by atoms with E-state index >= 15 is 0 Å². The van der Waals surface area contributed by atoms with Gasteiger partial charge < -0.3 is 16.2 Å². The van der Waals surface area contributed by atoms with Crippen molar-refractivity contribution in [1.29, 1.82) is 0 Å². The Morgan fingerprint density at radius 2 is 1.85 bits per heavy atom. The van der Waals surface area contributed by atoms with Crippen LogP contribution in [-0.4, -0.2) is 24.0 Å². The molecule has 0 aliphatic carbocycles. The molecule has 3 rings (SSSR count). The number of nitrogen functional groups attached to an aromatic ring is 1. The highest BCUT2D eigenvalue weighted by atomic mass is 32.2. The van der Waals surface area contributed by atoms with Gasteiger partial charge in [-0.3, -0.25) is 9.35 Å². The van der Waals surface area contributed by atoms with Gasteiger partial charge in [-0.05, 0) is 42.1 Å². The maximum Gasteiger partial charge on any atom is 0.295 e. The van der Waals surface area contributed by atoms with Crippen molar-refractivity contribution < 1.29 is 22.9 Å². The molecule has 1 amide bonds. The summed E-state index contributed by atoms with van der Waals surface area (Å²) in [5.41, 5.74) is 7.24. The number of anilines is 2. The highest BCUT2D eigenvalue weighted by Gasteiger charge is 2.20. The first kappa shape index (κ1) is 17.7. The van der Waals surface area contributed by atoms with Crippen molar-refractivity contribution >= 4 is 38.2 Å². The number of aromatic hydroxyl groups is 1. The van der Waals surface area contributed by atoms with Crippen LogP contribution in [0.5, 0.6) is 5.75 Å². The first-order chi connectivity index (χ1) is 12.2. The number of amides is 1. The fourth-order valence-electron chi connectivity index (χ4n) is 2.72. The number of carbonyl (C=O) groups is 1. The van der Waals surface area contributed by atoms with Gasteiger partial charge in [0.2, 0.25) is 0 Å². The first-order valence-electron chi connectivity index (χ1n) is 7.58. The molecule has 0 heterocycles. The molecule has 3 aromatic rings. The maximum atomic E-state index is 12.4. The van der Waals surface area contributed by atoms with Crippen LogP contribution in [-0.2, 0) is 10.1 Å². The Balaban J connectivity index is 2.09. The van der Waals surface area contributed by atoms with Crippen LogP contribution >= 0.6 is 0 Å². The van der Waals surface area contributed by atoms with Crippen LogP contribution in [0.4, 0.5) is 11.4 Å². The molecule has 7 nitrogen and oxygen atoms in total. The van der Waals surface area contributed by atoms with E-state index in [4.69, 9.17) is 5.73 Å². The number of aryl methyl sites for hydroxylation is 1. The molecule has 0 aliphatic rings. The minimum atomic E-state index is -4.55. The minimum absolute atomic E-state index is 0.00132. The summed E-state index contributed by atoms with van der Waals surface area (Å²) in [6.07, 6.45) is 0. The van der Waals surface area contributed by atoms with Gasteiger partial charge in [0.1, 0.15) is 10.6 Å². The summed E-state index contributed by atoms with van der Waals surface area (Å²) in [5.74, 6) is -1.02. The van der Waals surface area contributed by atoms with Crippen LogP contribution < -0.4 is 11.1 Å². The second-order valence-corrected chi connectivity index (χ2v) is 7.23. The molecule has 0 saturated carbocycles. The fourth-order valence-corrected chi connectivity index (χ4v) is 3.44. The molecule has 3 aromatic carbocycles. The summed E-state index contributed by atoms with van der Waals surface area (Å²) >= 11 is 0. The molecule has 0 radical (unpaired) electrons. The number of hydrogen-bond acceptors (Lipinski definition) is 5. The monoisotopic (exact) mass is 372 g/mol. The van der Waals surface area contributed by atoms with Gasteiger partial charge in [-0.2, -0.15) is 8.42 Å². The number of phenols is 1. The number of fused-ring (bicyclic) bond motifs is 1. The van der Waals surface area contributed by atoms with Crippen LogP contribution in [0.15, 0.2) is 53.4 Å². The SMILES string of the molecule is Cc1ccc(C(=O)Nc2ccc3cccc(S(=O)(=O)O)c3c2O)c(N)c1. The Bertz CT molecular complexity index is 1140. The van der Waals surface area contributed by atoms with Crippen LogP contribution in [0.3, 0.4) is 0 Å². The second kappa shape index (κ2) is 6.32. The third-order valence-electron chi connectivity index (χ3n) is 3.96. The molecule has 5 N–H and O–H groups in total.